The van der Waals surface area contributed by atoms with Gasteiger partial charge in [-0.05, 0) is 49.6 Å². The van der Waals surface area contributed by atoms with E-state index < -0.39 is 0 Å². The van der Waals surface area contributed by atoms with Gasteiger partial charge in [0.05, 0.1) is 10.6 Å². The minimum absolute atomic E-state index is 0.590. The number of thioether (sulfide) groups is 1. The Labute approximate surface area is 162 Å². The molecule has 5 rings (SSSR count). The molecule has 0 aliphatic heterocycles. The van der Waals surface area contributed by atoms with E-state index in [1.165, 1.54) is 35.1 Å². The zero-order valence-electron chi connectivity index (χ0n) is 14.2. The van der Waals surface area contributed by atoms with Gasteiger partial charge in [0.2, 0.25) is 5.89 Å². The van der Waals surface area contributed by atoms with E-state index >= 15 is 0 Å². The van der Waals surface area contributed by atoms with Crippen molar-refractivity contribution in [1.29, 1.82) is 0 Å². The maximum Gasteiger partial charge on any atom is 0.257 e. The molecule has 4 heterocycles. The first-order valence-corrected chi connectivity index (χ1v) is 11.2. The third-order valence-corrected chi connectivity index (χ3v) is 7.43. The lowest BCUT2D eigenvalue weighted by Gasteiger charge is -2.11. The van der Waals surface area contributed by atoms with Crippen molar-refractivity contribution in [2.75, 3.05) is 0 Å². The van der Waals surface area contributed by atoms with Crippen molar-refractivity contribution in [3.05, 3.63) is 39.7 Å². The highest BCUT2D eigenvalue weighted by Crippen LogP contribution is 2.40. The predicted molar refractivity (Wildman–Crippen MR) is 106 cm³/mol. The summed E-state index contributed by atoms with van der Waals surface area (Å²) in [5.41, 5.74) is 1.46. The van der Waals surface area contributed by atoms with E-state index in [-0.39, 0.29) is 0 Å². The number of aryl methyl sites for hydroxylation is 3. The Balaban J connectivity index is 1.45. The predicted octanol–water partition coefficient (Wildman–Crippen LogP) is 5.28. The molecule has 0 bridgehead atoms. The molecule has 1 aliphatic carbocycles. The van der Waals surface area contributed by atoms with Gasteiger partial charge >= 0.3 is 0 Å². The molecule has 0 N–H and O–H groups in total. The smallest absolute Gasteiger partial charge is 0.257 e. The number of thiophene rings is 2. The van der Waals surface area contributed by atoms with Crippen molar-refractivity contribution < 1.29 is 4.42 Å². The summed E-state index contributed by atoms with van der Waals surface area (Å²) in [6.07, 6.45) is 4.85. The molecule has 26 heavy (non-hydrogen) atoms. The van der Waals surface area contributed by atoms with Crippen LogP contribution in [0.2, 0.25) is 0 Å². The average molecular weight is 401 g/mol. The summed E-state index contributed by atoms with van der Waals surface area (Å²) in [5, 5.41) is 12.7. The summed E-state index contributed by atoms with van der Waals surface area (Å²) in [7, 11) is 0. The maximum absolute atomic E-state index is 5.81. The molecule has 0 saturated heterocycles. The fraction of sp³-hybridized carbons (Fsp3) is 0.333. The van der Waals surface area contributed by atoms with Crippen LogP contribution >= 0.6 is 34.4 Å². The average Bonchev–Trinajstić information content (AvgIpc) is 3.37. The molecule has 0 atom stereocenters. The van der Waals surface area contributed by atoms with Crippen LogP contribution in [0.15, 0.2) is 27.0 Å². The number of hydrogen-bond donors (Lipinski definition) is 0. The zero-order valence-corrected chi connectivity index (χ0v) is 16.6. The van der Waals surface area contributed by atoms with Crippen LogP contribution in [0.4, 0.5) is 0 Å². The number of hydrogen-bond acceptors (Lipinski definition) is 8. The van der Waals surface area contributed by atoms with E-state index in [4.69, 9.17) is 9.40 Å². The Morgan fingerprint density at radius 1 is 1.19 bits per heavy atom. The molecule has 0 aromatic carbocycles. The van der Waals surface area contributed by atoms with E-state index in [1.807, 2.05) is 35.8 Å². The quantitative estimate of drug-likeness (QED) is 0.343. The van der Waals surface area contributed by atoms with Gasteiger partial charge in [-0.25, -0.2) is 9.97 Å². The van der Waals surface area contributed by atoms with Crippen LogP contribution in [0.5, 0.6) is 0 Å². The minimum atomic E-state index is 0.590. The zero-order chi connectivity index (χ0) is 17.5. The first kappa shape index (κ1) is 16.4. The Morgan fingerprint density at radius 3 is 3.00 bits per heavy atom. The minimum Gasteiger partial charge on any atom is -0.419 e. The fourth-order valence-corrected chi connectivity index (χ4v) is 6.23. The molecule has 0 spiro atoms. The van der Waals surface area contributed by atoms with E-state index in [9.17, 15) is 0 Å². The second-order valence-corrected chi connectivity index (χ2v) is 9.23. The van der Waals surface area contributed by atoms with E-state index in [0.717, 1.165) is 27.0 Å². The Kier molecular flexibility index (Phi) is 4.26. The first-order valence-electron chi connectivity index (χ1n) is 8.56. The van der Waals surface area contributed by atoms with Crippen LogP contribution in [0.25, 0.3) is 21.0 Å². The number of fused-ring (bicyclic) bond motifs is 3. The highest BCUT2D eigenvalue weighted by Gasteiger charge is 2.21. The van der Waals surface area contributed by atoms with Gasteiger partial charge in [0, 0.05) is 10.3 Å². The van der Waals surface area contributed by atoms with Crippen LogP contribution in [-0.2, 0) is 18.6 Å². The second-order valence-electron chi connectivity index (χ2n) is 6.23. The molecule has 5 nitrogen and oxygen atoms in total. The Hall–Kier alpha value is -1.77. The number of rotatable bonds is 4. The summed E-state index contributed by atoms with van der Waals surface area (Å²) in [6, 6.07) is 3.98. The van der Waals surface area contributed by atoms with Crippen molar-refractivity contribution >= 4 is 44.7 Å². The van der Waals surface area contributed by atoms with Crippen molar-refractivity contribution in [3.8, 4) is 10.8 Å². The van der Waals surface area contributed by atoms with Gasteiger partial charge in [-0.2, -0.15) is 0 Å². The van der Waals surface area contributed by atoms with Crippen molar-refractivity contribution in [3.63, 3.8) is 0 Å². The topological polar surface area (TPSA) is 64.7 Å². The standard InChI is InChI=1S/C18H16N4OS3/c1-10-19-17(15-11-5-2-3-6-12(11)26-18(15)20-10)25-9-14-21-22-16(23-14)13-7-4-8-24-13/h4,7-8H,2-3,5-6,9H2,1H3. The Morgan fingerprint density at radius 2 is 2.12 bits per heavy atom. The van der Waals surface area contributed by atoms with Gasteiger partial charge < -0.3 is 4.42 Å². The molecule has 132 valence electrons. The summed E-state index contributed by atoms with van der Waals surface area (Å²) < 4.78 is 5.81. The van der Waals surface area contributed by atoms with Crippen LogP contribution in [0, 0.1) is 6.92 Å². The lowest BCUT2D eigenvalue weighted by Crippen LogP contribution is -1.99. The molecule has 4 aromatic heterocycles. The molecule has 0 amide bonds. The highest BCUT2D eigenvalue weighted by atomic mass is 32.2. The molecular formula is C18H16N4OS3. The van der Waals surface area contributed by atoms with Gasteiger partial charge in [0.25, 0.3) is 5.89 Å². The van der Waals surface area contributed by atoms with Crippen molar-refractivity contribution in [1.82, 2.24) is 20.2 Å². The fourth-order valence-electron chi connectivity index (χ4n) is 3.27. The Bertz CT molecular complexity index is 1070. The lowest BCUT2D eigenvalue weighted by molar-refractivity contribution is 0.529. The first-order chi connectivity index (χ1) is 12.8. The normalized spacial score (nSPS) is 14.0. The monoisotopic (exact) mass is 400 g/mol. The van der Waals surface area contributed by atoms with Gasteiger partial charge in [-0.1, -0.05) is 17.8 Å². The number of aromatic nitrogens is 4. The number of nitrogens with zero attached hydrogens (tertiary/aromatic N) is 4. The second kappa shape index (κ2) is 6.75. The van der Waals surface area contributed by atoms with Crippen LogP contribution in [0.1, 0.15) is 35.0 Å². The molecule has 0 radical (unpaired) electrons. The molecule has 0 saturated carbocycles. The van der Waals surface area contributed by atoms with Crippen LogP contribution < -0.4 is 0 Å². The largest absolute Gasteiger partial charge is 0.419 e. The molecule has 0 fully saturated rings. The summed E-state index contributed by atoms with van der Waals surface area (Å²) in [5.74, 6) is 2.66. The van der Waals surface area contributed by atoms with E-state index in [2.05, 4.69) is 15.2 Å². The molecule has 8 heteroatoms. The third kappa shape index (κ3) is 2.95. The molecule has 0 unspecified atom stereocenters. The van der Waals surface area contributed by atoms with Crippen LogP contribution in [-0.4, -0.2) is 20.2 Å². The molecule has 4 aromatic rings. The van der Waals surface area contributed by atoms with Crippen LogP contribution in [0.3, 0.4) is 0 Å². The summed E-state index contributed by atoms with van der Waals surface area (Å²) in [4.78, 5) is 13.0. The van der Waals surface area contributed by atoms with E-state index in [0.29, 0.717) is 17.5 Å². The molecular weight excluding hydrogens is 384 g/mol. The van der Waals surface area contributed by atoms with Gasteiger partial charge in [-0.3, -0.25) is 0 Å². The third-order valence-electron chi connectivity index (χ3n) is 4.42. The maximum atomic E-state index is 5.81. The lowest BCUT2D eigenvalue weighted by atomic mass is 9.97. The van der Waals surface area contributed by atoms with E-state index in [1.54, 1.807) is 23.1 Å². The molecule has 1 aliphatic rings. The SMILES string of the molecule is Cc1nc(SCc2nnc(-c3cccs3)o2)c2c3c(sc2n1)CCCC3. The van der Waals surface area contributed by atoms with Crippen molar-refractivity contribution in [2.24, 2.45) is 0 Å². The van der Waals surface area contributed by atoms with Crippen molar-refractivity contribution in [2.45, 2.75) is 43.4 Å². The van der Waals surface area contributed by atoms with Gasteiger partial charge in [-0.15, -0.1) is 32.9 Å². The van der Waals surface area contributed by atoms with Gasteiger partial charge in [0.1, 0.15) is 15.7 Å². The highest BCUT2D eigenvalue weighted by molar-refractivity contribution is 7.98. The summed E-state index contributed by atoms with van der Waals surface area (Å²) in [6.45, 7) is 1.96. The summed E-state index contributed by atoms with van der Waals surface area (Å²) >= 11 is 5.11. The van der Waals surface area contributed by atoms with Gasteiger partial charge in [0.15, 0.2) is 0 Å².